The summed E-state index contributed by atoms with van der Waals surface area (Å²) in [5.74, 6) is 1.43. The van der Waals surface area contributed by atoms with Crippen LogP contribution in [0, 0.1) is 10.1 Å². The summed E-state index contributed by atoms with van der Waals surface area (Å²) >= 11 is 0. The quantitative estimate of drug-likeness (QED) is 0.462. The van der Waals surface area contributed by atoms with Crippen LogP contribution >= 0.6 is 0 Å². The van der Waals surface area contributed by atoms with Crippen LogP contribution in [0.4, 0.5) is 5.69 Å². The topological polar surface area (TPSA) is 77.2 Å². The van der Waals surface area contributed by atoms with Crippen LogP contribution in [-0.4, -0.2) is 22.8 Å². The van der Waals surface area contributed by atoms with Gasteiger partial charge in [-0.3, -0.25) is 10.1 Å². The first kappa shape index (κ1) is 18.2. The Hall–Kier alpha value is -3.87. The van der Waals surface area contributed by atoms with E-state index in [1.807, 2.05) is 59.6 Å². The Balaban J connectivity index is 1.58. The van der Waals surface area contributed by atoms with Crippen molar-refractivity contribution in [2.45, 2.75) is 18.7 Å². The molecule has 30 heavy (non-hydrogen) atoms. The zero-order valence-corrected chi connectivity index (χ0v) is 16.3. The molecule has 7 nitrogen and oxygen atoms in total. The average molecular weight is 401 g/mol. The van der Waals surface area contributed by atoms with Gasteiger partial charge in [0.1, 0.15) is 11.5 Å². The maximum atomic E-state index is 11.3. The highest BCUT2D eigenvalue weighted by Gasteiger charge is 2.41. The standard InChI is InChI=1S/C23H19N3O4/c1-29-18-10-7-15(8-11-18)20-14-21-19-13-17(26(27)28)9-12-22(19)30-23(25(21)24-20)16-5-3-2-4-6-16/h2-13,21,23H,14H2,1H3/t21-,23-/m1/s1. The highest BCUT2D eigenvalue weighted by molar-refractivity contribution is 6.02. The van der Waals surface area contributed by atoms with E-state index in [4.69, 9.17) is 14.6 Å². The second-order valence-corrected chi connectivity index (χ2v) is 7.24. The summed E-state index contributed by atoms with van der Waals surface area (Å²) in [6.45, 7) is 0. The molecule has 0 aromatic heterocycles. The molecule has 0 unspecified atom stereocenters. The lowest BCUT2D eigenvalue weighted by atomic mass is 9.95. The fraction of sp³-hybridized carbons (Fsp3) is 0.174. The predicted molar refractivity (Wildman–Crippen MR) is 112 cm³/mol. The van der Waals surface area contributed by atoms with E-state index in [0.29, 0.717) is 12.2 Å². The fourth-order valence-electron chi connectivity index (χ4n) is 3.98. The molecule has 2 aliphatic rings. The van der Waals surface area contributed by atoms with Crippen molar-refractivity contribution in [3.05, 3.63) is 99.6 Å². The Labute approximate surface area is 173 Å². The molecule has 2 aliphatic heterocycles. The smallest absolute Gasteiger partial charge is 0.270 e. The number of ether oxygens (including phenoxy) is 2. The molecule has 0 saturated carbocycles. The first-order valence-corrected chi connectivity index (χ1v) is 9.64. The number of non-ortho nitro benzene ring substituents is 1. The predicted octanol–water partition coefficient (Wildman–Crippen LogP) is 4.85. The number of hydrogen-bond donors (Lipinski definition) is 0. The minimum atomic E-state index is -0.402. The Morgan fingerprint density at radius 3 is 2.57 bits per heavy atom. The molecular weight excluding hydrogens is 382 g/mol. The number of rotatable bonds is 4. The maximum absolute atomic E-state index is 11.3. The van der Waals surface area contributed by atoms with Crippen molar-refractivity contribution in [3.8, 4) is 11.5 Å². The number of benzene rings is 3. The van der Waals surface area contributed by atoms with E-state index in [9.17, 15) is 10.1 Å². The first-order chi connectivity index (χ1) is 14.6. The van der Waals surface area contributed by atoms with Gasteiger partial charge in [0.2, 0.25) is 6.23 Å². The van der Waals surface area contributed by atoms with Gasteiger partial charge in [-0.1, -0.05) is 30.3 Å². The molecule has 2 atom stereocenters. The monoisotopic (exact) mass is 401 g/mol. The molecule has 0 bridgehead atoms. The summed E-state index contributed by atoms with van der Waals surface area (Å²) in [6.07, 6.45) is 0.230. The minimum Gasteiger partial charge on any atom is -0.497 e. The fourth-order valence-corrected chi connectivity index (χ4v) is 3.98. The van der Waals surface area contributed by atoms with E-state index >= 15 is 0 Å². The van der Waals surface area contributed by atoms with Crippen LogP contribution in [0.15, 0.2) is 77.9 Å². The van der Waals surface area contributed by atoms with Crippen molar-refractivity contribution >= 4 is 11.4 Å². The van der Waals surface area contributed by atoms with Gasteiger partial charge in [0.05, 0.1) is 23.8 Å². The number of methoxy groups -OCH3 is 1. The Kier molecular flexibility index (Phi) is 4.35. The van der Waals surface area contributed by atoms with Crippen molar-refractivity contribution < 1.29 is 14.4 Å². The molecule has 0 saturated heterocycles. The van der Waals surface area contributed by atoms with Crippen molar-refractivity contribution in [3.63, 3.8) is 0 Å². The number of nitro groups is 1. The van der Waals surface area contributed by atoms with Gasteiger partial charge < -0.3 is 9.47 Å². The van der Waals surface area contributed by atoms with Gasteiger partial charge in [0, 0.05) is 29.7 Å². The van der Waals surface area contributed by atoms with Crippen molar-refractivity contribution in [1.82, 2.24) is 5.01 Å². The summed E-state index contributed by atoms with van der Waals surface area (Å²) in [5, 5.41) is 18.1. The summed E-state index contributed by atoms with van der Waals surface area (Å²) in [7, 11) is 1.63. The second kappa shape index (κ2) is 7.18. The molecule has 0 aliphatic carbocycles. The number of nitrogens with zero attached hydrogens (tertiary/aromatic N) is 3. The molecule has 3 aromatic rings. The first-order valence-electron chi connectivity index (χ1n) is 9.64. The van der Waals surface area contributed by atoms with Gasteiger partial charge in [0.15, 0.2) is 0 Å². The van der Waals surface area contributed by atoms with Crippen LogP contribution in [0.25, 0.3) is 0 Å². The van der Waals surface area contributed by atoms with E-state index in [1.165, 1.54) is 6.07 Å². The van der Waals surface area contributed by atoms with Crippen LogP contribution in [0.3, 0.4) is 0 Å². The summed E-state index contributed by atoms with van der Waals surface area (Å²) in [6, 6.07) is 22.3. The molecule has 0 radical (unpaired) electrons. The van der Waals surface area contributed by atoms with Crippen molar-refractivity contribution in [1.29, 1.82) is 0 Å². The lowest BCUT2D eigenvalue weighted by molar-refractivity contribution is -0.385. The zero-order valence-electron chi connectivity index (χ0n) is 16.3. The largest absolute Gasteiger partial charge is 0.497 e. The normalized spacial score (nSPS) is 19.4. The zero-order chi connectivity index (χ0) is 20.7. The molecule has 0 N–H and O–H groups in total. The van der Waals surface area contributed by atoms with E-state index in [1.54, 1.807) is 19.2 Å². The third-order valence-corrected chi connectivity index (χ3v) is 5.49. The minimum absolute atomic E-state index is 0.0494. The van der Waals surface area contributed by atoms with Gasteiger partial charge in [-0.05, 0) is 35.9 Å². The van der Waals surface area contributed by atoms with Crippen LogP contribution in [0.2, 0.25) is 0 Å². The van der Waals surface area contributed by atoms with Crippen LogP contribution < -0.4 is 9.47 Å². The molecule has 2 heterocycles. The van der Waals surface area contributed by atoms with E-state index in [2.05, 4.69) is 0 Å². The summed E-state index contributed by atoms with van der Waals surface area (Å²) in [4.78, 5) is 10.9. The van der Waals surface area contributed by atoms with Gasteiger partial charge in [-0.15, -0.1) is 0 Å². The average Bonchev–Trinajstić information content (AvgIpc) is 3.24. The maximum Gasteiger partial charge on any atom is 0.270 e. The van der Waals surface area contributed by atoms with Gasteiger partial charge >= 0.3 is 0 Å². The summed E-state index contributed by atoms with van der Waals surface area (Å²) < 4.78 is 11.5. The molecule has 3 aromatic carbocycles. The second-order valence-electron chi connectivity index (χ2n) is 7.24. The van der Waals surface area contributed by atoms with Crippen LogP contribution in [0.5, 0.6) is 11.5 Å². The highest BCUT2D eigenvalue weighted by atomic mass is 16.6. The number of fused-ring (bicyclic) bond motifs is 3. The van der Waals surface area contributed by atoms with Crippen LogP contribution in [-0.2, 0) is 0 Å². The SMILES string of the molecule is COc1ccc(C2=NN3[C@H](C2)c2cc([N+](=O)[O-])ccc2O[C@@H]3c2ccccc2)cc1. The number of hydrazone groups is 1. The number of nitro benzene ring substituents is 1. The van der Waals surface area contributed by atoms with E-state index in [-0.39, 0.29) is 16.7 Å². The third-order valence-electron chi connectivity index (χ3n) is 5.49. The summed E-state index contributed by atoms with van der Waals surface area (Å²) in [5.41, 5.74) is 3.71. The molecule has 0 amide bonds. The van der Waals surface area contributed by atoms with Gasteiger partial charge in [0.25, 0.3) is 5.69 Å². The van der Waals surface area contributed by atoms with E-state index < -0.39 is 6.23 Å². The van der Waals surface area contributed by atoms with Gasteiger partial charge in [-0.25, -0.2) is 5.01 Å². The molecule has 0 fully saturated rings. The Morgan fingerprint density at radius 2 is 1.87 bits per heavy atom. The molecular formula is C23H19N3O4. The molecule has 5 rings (SSSR count). The highest BCUT2D eigenvalue weighted by Crippen LogP contribution is 2.48. The molecule has 7 heteroatoms. The molecule has 150 valence electrons. The van der Waals surface area contributed by atoms with Gasteiger partial charge in [-0.2, -0.15) is 5.10 Å². The Bertz CT molecular complexity index is 1130. The molecule has 0 spiro atoms. The van der Waals surface area contributed by atoms with E-state index in [0.717, 1.165) is 28.2 Å². The van der Waals surface area contributed by atoms with Crippen LogP contribution in [0.1, 0.15) is 35.4 Å². The third kappa shape index (κ3) is 3.04. The lowest BCUT2D eigenvalue weighted by Crippen LogP contribution is -2.33. The number of hydrogen-bond acceptors (Lipinski definition) is 6. The van der Waals surface area contributed by atoms with Crippen molar-refractivity contribution in [2.75, 3.05) is 7.11 Å². The Morgan fingerprint density at radius 1 is 1.10 bits per heavy atom. The lowest BCUT2D eigenvalue weighted by Gasteiger charge is -2.38. The van der Waals surface area contributed by atoms with Crippen molar-refractivity contribution in [2.24, 2.45) is 5.10 Å².